The molecule has 1 unspecified atom stereocenters. The first-order chi connectivity index (χ1) is 8.16. The van der Waals surface area contributed by atoms with E-state index in [9.17, 15) is 0 Å². The molecule has 0 spiro atoms. The molecule has 0 radical (unpaired) electrons. The predicted molar refractivity (Wildman–Crippen MR) is 74.9 cm³/mol. The SMILES string of the molecule is CC1(C)C=CC(CCCCCC2C=C=C2)CC1. The van der Waals surface area contributed by atoms with Gasteiger partial charge in [0.25, 0.3) is 0 Å². The summed E-state index contributed by atoms with van der Waals surface area (Å²) in [7, 11) is 0. The number of unbranched alkanes of at least 4 members (excludes halogenated alkanes) is 2. The number of hydrogen-bond acceptors (Lipinski definition) is 0. The van der Waals surface area contributed by atoms with E-state index in [0.29, 0.717) is 5.41 Å². The lowest BCUT2D eigenvalue weighted by molar-refractivity contribution is 0.344. The zero-order chi connectivity index (χ0) is 12.1. The van der Waals surface area contributed by atoms with Gasteiger partial charge < -0.3 is 0 Å². The zero-order valence-corrected chi connectivity index (χ0v) is 11.4. The molecule has 0 N–H and O–H groups in total. The Labute approximate surface area is 106 Å². The molecule has 0 amide bonds. The quantitative estimate of drug-likeness (QED) is 0.331. The topological polar surface area (TPSA) is 0 Å². The van der Waals surface area contributed by atoms with Crippen molar-refractivity contribution in [2.75, 3.05) is 0 Å². The van der Waals surface area contributed by atoms with Gasteiger partial charge in [0.1, 0.15) is 0 Å². The Balaban J connectivity index is 1.52. The summed E-state index contributed by atoms with van der Waals surface area (Å²) in [5, 5.41) is 0. The lowest BCUT2D eigenvalue weighted by Gasteiger charge is -2.28. The summed E-state index contributed by atoms with van der Waals surface area (Å²) in [6.45, 7) is 4.69. The van der Waals surface area contributed by atoms with Gasteiger partial charge in [0.2, 0.25) is 0 Å². The largest absolute Gasteiger partial charge is 0.128 e. The van der Waals surface area contributed by atoms with E-state index in [-0.39, 0.29) is 0 Å². The van der Waals surface area contributed by atoms with Gasteiger partial charge in [0.15, 0.2) is 0 Å². The Morgan fingerprint density at radius 2 is 1.88 bits per heavy atom. The molecule has 0 aliphatic heterocycles. The van der Waals surface area contributed by atoms with Gasteiger partial charge in [-0.05, 0) is 49.2 Å². The highest BCUT2D eigenvalue weighted by atomic mass is 14.3. The number of allylic oxidation sites excluding steroid dienone is 3. The number of hydrogen-bond donors (Lipinski definition) is 0. The molecule has 17 heavy (non-hydrogen) atoms. The third-order valence-electron chi connectivity index (χ3n) is 4.21. The fourth-order valence-corrected chi connectivity index (χ4v) is 2.74. The standard InChI is InChI=1S/C17H26/c1-17(2)13-11-16(12-14-17)8-5-3-4-7-15-9-6-10-15/h9-11,13,15-16H,3-5,7-8,12,14H2,1-2H3. The van der Waals surface area contributed by atoms with Crippen LogP contribution in [0.5, 0.6) is 0 Å². The van der Waals surface area contributed by atoms with Crippen LogP contribution in [-0.2, 0) is 0 Å². The van der Waals surface area contributed by atoms with Crippen molar-refractivity contribution in [3.8, 4) is 0 Å². The smallest absolute Gasteiger partial charge is 0.00981 e. The minimum absolute atomic E-state index is 0.458. The van der Waals surface area contributed by atoms with Crippen molar-refractivity contribution in [3.05, 3.63) is 30.0 Å². The van der Waals surface area contributed by atoms with Gasteiger partial charge in [0.05, 0.1) is 0 Å². The summed E-state index contributed by atoms with van der Waals surface area (Å²) in [6, 6.07) is 0. The molecule has 2 aliphatic carbocycles. The van der Waals surface area contributed by atoms with Gasteiger partial charge in [-0.3, -0.25) is 0 Å². The van der Waals surface area contributed by atoms with Crippen LogP contribution in [-0.4, -0.2) is 0 Å². The molecular weight excluding hydrogens is 204 g/mol. The van der Waals surface area contributed by atoms with E-state index in [1.54, 1.807) is 0 Å². The lowest BCUT2D eigenvalue weighted by atomic mass is 9.77. The van der Waals surface area contributed by atoms with Gasteiger partial charge >= 0.3 is 0 Å². The molecule has 1 atom stereocenters. The average Bonchev–Trinajstić information content (AvgIpc) is 2.22. The van der Waals surface area contributed by atoms with Crippen LogP contribution in [0.2, 0.25) is 0 Å². The maximum Gasteiger partial charge on any atom is 0.00981 e. The normalized spacial score (nSPS) is 26.1. The summed E-state index contributed by atoms with van der Waals surface area (Å²) in [5.74, 6) is 1.62. The van der Waals surface area contributed by atoms with Crippen molar-refractivity contribution in [2.24, 2.45) is 17.3 Å². The molecule has 0 heterocycles. The zero-order valence-electron chi connectivity index (χ0n) is 11.4. The van der Waals surface area contributed by atoms with Gasteiger partial charge in [-0.25, -0.2) is 0 Å². The Hall–Kier alpha value is -0.740. The van der Waals surface area contributed by atoms with E-state index >= 15 is 0 Å². The van der Waals surface area contributed by atoms with Gasteiger partial charge in [0, 0.05) is 5.92 Å². The van der Waals surface area contributed by atoms with Crippen LogP contribution in [0.4, 0.5) is 0 Å². The first-order valence-electron chi connectivity index (χ1n) is 7.28. The third kappa shape index (κ3) is 4.21. The van der Waals surface area contributed by atoms with Crippen LogP contribution in [0.1, 0.15) is 58.8 Å². The van der Waals surface area contributed by atoms with Crippen LogP contribution >= 0.6 is 0 Å². The Kier molecular flexibility index (Phi) is 4.29. The summed E-state index contributed by atoms with van der Waals surface area (Å²) in [6.07, 6.45) is 19.0. The fraction of sp³-hybridized carbons (Fsp3) is 0.706. The monoisotopic (exact) mass is 230 g/mol. The van der Waals surface area contributed by atoms with E-state index in [1.807, 2.05) is 0 Å². The molecule has 0 bridgehead atoms. The van der Waals surface area contributed by atoms with Crippen LogP contribution in [0.3, 0.4) is 0 Å². The Morgan fingerprint density at radius 3 is 2.47 bits per heavy atom. The van der Waals surface area contributed by atoms with Crippen molar-refractivity contribution in [1.29, 1.82) is 0 Å². The summed E-state index contributed by atoms with van der Waals surface area (Å²) < 4.78 is 0. The van der Waals surface area contributed by atoms with Crippen LogP contribution < -0.4 is 0 Å². The minimum atomic E-state index is 0.458. The van der Waals surface area contributed by atoms with Gasteiger partial charge in [-0.2, -0.15) is 0 Å². The summed E-state index contributed by atoms with van der Waals surface area (Å²) in [4.78, 5) is 0. The first-order valence-corrected chi connectivity index (χ1v) is 7.28. The first kappa shape index (κ1) is 12.7. The second-order valence-corrected chi connectivity index (χ2v) is 6.45. The van der Waals surface area contributed by atoms with Gasteiger partial charge in [-0.1, -0.05) is 45.3 Å². The second-order valence-electron chi connectivity index (χ2n) is 6.45. The Morgan fingerprint density at radius 1 is 1.12 bits per heavy atom. The van der Waals surface area contributed by atoms with E-state index in [0.717, 1.165) is 11.8 Å². The maximum atomic E-state index is 3.10. The molecule has 0 aromatic rings. The van der Waals surface area contributed by atoms with E-state index in [2.05, 4.69) is 43.9 Å². The van der Waals surface area contributed by atoms with Crippen molar-refractivity contribution >= 4 is 0 Å². The van der Waals surface area contributed by atoms with Crippen molar-refractivity contribution in [1.82, 2.24) is 0 Å². The van der Waals surface area contributed by atoms with E-state index in [4.69, 9.17) is 0 Å². The van der Waals surface area contributed by atoms with Crippen LogP contribution in [0.15, 0.2) is 30.0 Å². The highest BCUT2D eigenvalue weighted by Gasteiger charge is 2.20. The molecule has 0 fully saturated rings. The maximum absolute atomic E-state index is 3.10. The number of rotatable bonds is 6. The third-order valence-corrected chi connectivity index (χ3v) is 4.21. The predicted octanol–water partition coefficient (Wildman–Crippen LogP) is 5.27. The molecule has 2 aliphatic rings. The molecule has 0 aromatic heterocycles. The molecule has 0 saturated carbocycles. The molecule has 0 heteroatoms. The highest BCUT2D eigenvalue weighted by Crippen LogP contribution is 2.34. The van der Waals surface area contributed by atoms with Crippen molar-refractivity contribution < 1.29 is 0 Å². The molecule has 0 saturated heterocycles. The van der Waals surface area contributed by atoms with Crippen molar-refractivity contribution in [2.45, 2.75) is 58.8 Å². The summed E-state index contributed by atoms with van der Waals surface area (Å²) >= 11 is 0. The van der Waals surface area contributed by atoms with Crippen LogP contribution in [0, 0.1) is 17.3 Å². The fourth-order valence-electron chi connectivity index (χ4n) is 2.74. The van der Waals surface area contributed by atoms with Gasteiger partial charge in [-0.15, -0.1) is 5.73 Å². The molecule has 2 rings (SSSR count). The molecule has 94 valence electrons. The van der Waals surface area contributed by atoms with E-state index < -0.39 is 0 Å². The lowest BCUT2D eigenvalue weighted by Crippen LogP contribution is -2.15. The van der Waals surface area contributed by atoms with Crippen LogP contribution in [0.25, 0.3) is 0 Å². The summed E-state index contributed by atoms with van der Waals surface area (Å²) in [5.41, 5.74) is 3.56. The average molecular weight is 230 g/mol. The molecule has 0 aromatic carbocycles. The van der Waals surface area contributed by atoms with E-state index in [1.165, 1.54) is 44.9 Å². The molecular formula is C17H26. The minimum Gasteiger partial charge on any atom is -0.128 e. The highest BCUT2D eigenvalue weighted by molar-refractivity contribution is 5.08. The second kappa shape index (κ2) is 5.74. The van der Waals surface area contributed by atoms with Crippen molar-refractivity contribution in [3.63, 3.8) is 0 Å². The molecule has 0 nitrogen and oxygen atoms in total. The Bertz CT molecular complexity index is 318.